The van der Waals surface area contributed by atoms with Crippen molar-refractivity contribution < 1.29 is 0 Å². The largest absolute Gasteiger partial charge is 0.124 e. The fourth-order valence-electron chi connectivity index (χ4n) is 0.285. The van der Waals surface area contributed by atoms with Gasteiger partial charge in [-0.2, -0.15) is 0 Å². The van der Waals surface area contributed by atoms with E-state index < -0.39 is 4.33 Å². The van der Waals surface area contributed by atoms with Gasteiger partial charge in [-0.3, -0.25) is 0 Å². The van der Waals surface area contributed by atoms with E-state index in [-0.39, 0.29) is 0 Å². The molecule has 0 aromatic carbocycles. The van der Waals surface area contributed by atoms with Gasteiger partial charge in [0.25, 0.3) is 0 Å². The predicted molar refractivity (Wildman–Crippen MR) is 27.9 cm³/mol. The van der Waals surface area contributed by atoms with Crippen LogP contribution in [0.4, 0.5) is 0 Å². The molecule has 0 aromatic heterocycles. The van der Waals surface area contributed by atoms with Crippen LogP contribution in [0.1, 0.15) is 6.92 Å². The summed E-state index contributed by atoms with van der Waals surface area (Å²) < 4.78 is -0.472. The van der Waals surface area contributed by atoms with Gasteiger partial charge in [0.2, 0.25) is 0 Å². The smallest absolute Gasteiger partial charge is 0.101 e. The summed E-state index contributed by atoms with van der Waals surface area (Å²) in [6, 6.07) is 0. The Labute approximate surface area is 47.4 Å². The third kappa shape index (κ3) is 0.640. The molecule has 1 atom stereocenters. The first-order valence-corrected chi connectivity index (χ1v) is 2.62. The fourth-order valence-corrected chi connectivity index (χ4v) is 0.663. The van der Waals surface area contributed by atoms with Crippen LogP contribution in [0.3, 0.4) is 0 Å². The molecule has 0 aliphatic heterocycles. The molecule has 1 radical (unpaired) electrons. The van der Waals surface area contributed by atoms with Crippen molar-refractivity contribution in [3.8, 4) is 0 Å². The van der Waals surface area contributed by atoms with Gasteiger partial charge in [-0.1, -0.05) is 6.92 Å². The Morgan fingerprint density at radius 2 is 1.83 bits per heavy atom. The van der Waals surface area contributed by atoms with Gasteiger partial charge in [0.15, 0.2) is 0 Å². The molecule has 1 fully saturated rings. The van der Waals surface area contributed by atoms with E-state index in [4.69, 9.17) is 23.2 Å². The molecule has 1 unspecified atom stereocenters. The van der Waals surface area contributed by atoms with Gasteiger partial charge in [-0.25, -0.2) is 0 Å². The van der Waals surface area contributed by atoms with E-state index in [0.29, 0.717) is 5.92 Å². The maximum absolute atomic E-state index is 5.50. The second-order valence-electron chi connectivity index (χ2n) is 1.63. The lowest BCUT2D eigenvalue weighted by molar-refractivity contribution is 0.985. The van der Waals surface area contributed by atoms with Crippen molar-refractivity contribution in [2.75, 3.05) is 0 Å². The number of hydrogen-bond acceptors (Lipinski definition) is 0. The molecule has 0 bridgehead atoms. The molecule has 0 saturated heterocycles. The monoisotopic (exact) mass is 123 g/mol. The summed E-state index contributed by atoms with van der Waals surface area (Å²) in [7, 11) is 0. The molecular formula is C4H5Cl2. The molecule has 6 heavy (non-hydrogen) atoms. The highest BCUT2D eigenvalue weighted by Crippen LogP contribution is 2.51. The number of hydrogen-bond donors (Lipinski definition) is 0. The van der Waals surface area contributed by atoms with E-state index in [9.17, 15) is 0 Å². The van der Waals surface area contributed by atoms with Crippen LogP contribution in [0.2, 0.25) is 0 Å². The Hall–Kier alpha value is 0.580. The maximum Gasteiger partial charge on any atom is 0.124 e. The predicted octanol–water partition coefficient (Wildman–Crippen LogP) is 2.01. The second kappa shape index (κ2) is 1.05. The number of alkyl halides is 2. The van der Waals surface area contributed by atoms with Crippen molar-refractivity contribution in [3.63, 3.8) is 0 Å². The van der Waals surface area contributed by atoms with E-state index >= 15 is 0 Å². The van der Waals surface area contributed by atoms with Gasteiger partial charge in [-0.15, -0.1) is 23.2 Å². The van der Waals surface area contributed by atoms with Crippen LogP contribution in [-0.4, -0.2) is 4.33 Å². The molecule has 0 nitrogen and oxygen atoms in total. The van der Waals surface area contributed by atoms with E-state index in [1.54, 1.807) is 0 Å². The highest BCUT2D eigenvalue weighted by molar-refractivity contribution is 6.52. The zero-order valence-electron chi connectivity index (χ0n) is 3.41. The summed E-state index contributed by atoms with van der Waals surface area (Å²) >= 11 is 11.0. The van der Waals surface area contributed by atoms with Crippen LogP contribution in [0.25, 0.3) is 0 Å². The first-order valence-electron chi connectivity index (χ1n) is 1.87. The molecule has 35 valence electrons. The van der Waals surface area contributed by atoms with Gasteiger partial charge in [0.1, 0.15) is 4.33 Å². The average Bonchev–Trinajstić information content (AvgIpc) is 1.73. The third-order valence-electron chi connectivity index (χ3n) is 0.970. The topological polar surface area (TPSA) is 0 Å². The molecule has 0 heterocycles. The van der Waals surface area contributed by atoms with Gasteiger partial charge < -0.3 is 0 Å². The van der Waals surface area contributed by atoms with Crippen LogP contribution in [0.5, 0.6) is 0 Å². The third-order valence-corrected chi connectivity index (χ3v) is 1.91. The Morgan fingerprint density at radius 1 is 1.67 bits per heavy atom. The highest BCUT2D eigenvalue weighted by Gasteiger charge is 2.48. The molecular weight excluding hydrogens is 119 g/mol. The normalized spacial score (nSPS) is 39.5. The van der Waals surface area contributed by atoms with Gasteiger partial charge in [0.05, 0.1) is 0 Å². The summed E-state index contributed by atoms with van der Waals surface area (Å²) in [6.45, 7) is 1.99. The molecule has 2 heteroatoms. The highest BCUT2D eigenvalue weighted by atomic mass is 35.5. The summed E-state index contributed by atoms with van der Waals surface area (Å²) in [5.74, 6) is 0.404. The summed E-state index contributed by atoms with van der Waals surface area (Å²) in [6.07, 6.45) is 1.89. The summed E-state index contributed by atoms with van der Waals surface area (Å²) in [5, 5.41) is 0. The van der Waals surface area contributed by atoms with Gasteiger partial charge in [0, 0.05) is 6.42 Å². The van der Waals surface area contributed by atoms with E-state index in [1.807, 2.05) is 13.3 Å². The lowest BCUT2D eigenvalue weighted by Crippen LogP contribution is -1.82. The molecule has 1 saturated carbocycles. The molecule has 0 aromatic rings. The Bertz CT molecular complexity index is 67.9. The van der Waals surface area contributed by atoms with Crippen LogP contribution in [0, 0.1) is 12.3 Å². The Kier molecular flexibility index (Phi) is 0.825. The summed E-state index contributed by atoms with van der Waals surface area (Å²) in [5.41, 5.74) is 0. The van der Waals surface area contributed by atoms with Crippen LogP contribution < -0.4 is 0 Å². The minimum absolute atomic E-state index is 0.404. The van der Waals surface area contributed by atoms with Crippen LogP contribution >= 0.6 is 23.2 Å². The molecule has 0 amide bonds. The SMILES string of the molecule is CC1[CH]C1(Cl)Cl. The van der Waals surface area contributed by atoms with Crippen molar-refractivity contribution in [2.24, 2.45) is 5.92 Å². The van der Waals surface area contributed by atoms with Crippen molar-refractivity contribution >= 4 is 23.2 Å². The van der Waals surface area contributed by atoms with Gasteiger partial charge >= 0.3 is 0 Å². The van der Waals surface area contributed by atoms with Crippen molar-refractivity contribution in [2.45, 2.75) is 11.3 Å². The lowest BCUT2D eigenvalue weighted by Gasteiger charge is -1.85. The quantitative estimate of drug-likeness (QED) is 0.433. The minimum Gasteiger partial charge on any atom is -0.101 e. The van der Waals surface area contributed by atoms with E-state index in [1.165, 1.54) is 0 Å². The minimum atomic E-state index is -0.472. The second-order valence-corrected chi connectivity index (χ2v) is 3.07. The van der Waals surface area contributed by atoms with Crippen molar-refractivity contribution in [1.29, 1.82) is 0 Å². The standard InChI is InChI=1S/C4H5Cl2/c1-3-2-4(3,5)6/h2-3H,1H3. The van der Waals surface area contributed by atoms with Crippen LogP contribution in [-0.2, 0) is 0 Å². The van der Waals surface area contributed by atoms with Crippen molar-refractivity contribution in [1.82, 2.24) is 0 Å². The zero-order chi connectivity index (χ0) is 4.78. The van der Waals surface area contributed by atoms with Crippen LogP contribution in [0.15, 0.2) is 0 Å². The first kappa shape index (κ1) is 4.73. The van der Waals surface area contributed by atoms with Crippen molar-refractivity contribution in [3.05, 3.63) is 6.42 Å². The molecule has 1 aliphatic carbocycles. The number of rotatable bonds is 0. The number of halogens is 2. The lowest BCUT2D eigenvalue weighted by atomic mass is 10.5. The fraction of sp³-hybridized carbons (Fsp3) is 0.750. The first-order chi connectivity index (χ1) is 2.63. The Morgan fingerprint density at radius 3 is 1.83 bits per heavy atom. The van der Waals surface area contributed by atoms with Gasteiger partial charge in [-0.05, 0) is 5.92 Å². The van der Waals surface area contributed by atoms with E-state index in [2.05, 4.69) is 0 Å². The average molecular weight is 124 g/mol. The molecule has 0 N–H and O–H groups in total. The maximum atomic E-state index is 5.50. The molecule has 0 spiro atoms. The molecule has 1 rings (SSSR count). The zero-order valence-corrected chi connectivity index (χ0v) is 4.92. The Balaban J connectivity index is 2.41. The molecule has 1 aliphatic rings. The summed E-state index contributed by atoms with van der Waals surface area (Å²) in [4.78, 5) is 0. The van der Waals surface area contributed by atoms with E-state index in [0.717, 1.165) is 0 Å².